The van der Waals surface area contributed by atoms with E-state index >= 15 is 0 Å². The van der Waals surface area contributed by atoms with Crippen LogP contribution in [0.1, 0.15) is 34.6 Å². The highest BCUT2D eigenvalue weighted by molar-refractivity contribution is 6.31. The number of benzene rings is 1. The predicted molar refractivity (Wildman–Crippen MR) is 125 cm³/mol. The van der Waals surface area contributed by atoms with Crippen molar-refractivity contribution in [2.24, 2.45) is 4.99 Å². The Morgan fingerprint density at radius 1 is 1.17 bits per heavy atom. The number of terminal acetylenes is 1. The molecule has 0 unspecified atom stereocenters. The van der Waals surface area contributed by atoms with Crippen LogP contribution in [-0.2, 0) is 0 Å². The molecule has 2 nitrogen and oxygen atoms in total. The first kappa shape index (κ1) is 26.2. The molecule has 0 bridgehead atoms. The number of hydrogen-bond acceptors (Lipinski definition) is 2. The number of nitrogens with zero attached hydrogens (tertiary/aromatic N) is 1. The predicted octanol–water partition coefficient (Wildman–Crippen LogP) is 7.41. The summed E-state index contributed by atoms with van der Waals surface area (Å²) in [7, 11) is 0. The van der Waals surface area contributed by atoms with E-state index in [0.717, 1.165) is 22.6 Å². The summed E-state index contributed by atoms with van der Waals surface area (Å²) in [5, 5.41) is 0.633. The van der Waals surface area contributed by atoms with Gasteiger partial charge in [-0.3, -0.25) is 4.99 Å². The first-order valence-corrected chi connectivity index (χ1v) is 9.53. The Morgan fingerprint density at radius 3 is 2.21 bits per heavy atom. The van der Waals surface area contributed by atoms with Gasteiger partial charge in [0, 0.05) is 16.3 Å². The van der Waals surface area contributed by atoms with Crippen LogP contribution in [0, 0.1) is 18.2 Å². The zero-order chi connectivity index (χ0) is 22.2. The highest BCUT2D eigenvalue weighted by atomic mass is 35.5. The van der Waals surface area contributed by atoms with Crippen LogP contribution >= 0.6 is 11.6 Å². The Morgan fingerprint density at radius 2 is 1.79 bits per heavy atom. The first-order valence-electron chi connectivity index (χ1n) is 9.15. The molecule has 0 N–H and O–H groups in total. The van der Waals surface area contributed by atoms with Gasteiger partial charge in [0.15, 0.2) is 0 Å². The van der Waals surface area contributed by atoms with E-state index in [1.165, 1.54) is 12.1 Å². The molecule has 0 spiro atoms. The topological polar surface area (TPSA) is 21.6 Å². The van der Waals surface area contributed by atoms with E-state index in [9.17, 15) is 4.39 Å². The molecule has 0 aliphatic carbocycles. The summed E-state index contributed by atoms with van der Waals surface area (Å²) in [6, 6.07) is 5.95. The second kappa shape index (κ2) is 15.1. The maximum atomic E-state index is 12.6. The number of allylic oxidation sites excluding steroid dienone is 8. The Kier molecular flexibility index (Phi) is 13.7. The third kappa shape index (κ3) is 11.6. The average molecular weight is 414 g/mol. The van der Waals surface area contributed by atoms with Crippen molar-refractivity contribution < 1.29 is 9.13 Å². The van der Waals surface area contributed by atoms with Crippen molar-refractivity contribution in [3.05, 3.63) is 88.9 Å². The van der Waals surface area contributed by atoms with E-state index in [2.05, 4.69) is 17.5 Å². The minimum Gasteiger partial charge on any atom is -0.487 e. The van der Waals surface area contributed by atoms with Gasteiger partial charge in [-0.1, -0.05) is 48.4 Å². The molecule has 1 aromatic rings. The van der Waals surface area contributed by atoms with Crippen LogP contribution in [0.25, 0.3) is 0 Å². The molecule has 0 saturated heterocycles. The van der Waals surface area contributed by atoms with E-state index in [0.29, 0.717) is 17.4 Å². The van der Waals surface area contributed by atoms with Gasteiger partial charge in [-0.15, -0.1) is 6.42 Å². The minimum atomic E-state index is -0.263. The molecule has 0 aliphatic heterocycles. The standard InChI is InChI=1S/C13H16FNO.C12H13Cl/c1-4-12(15-10(2)3)9-16-13-7-5-11(14)6-8-13;1-5-10(6-2)11(7-3)9-12(13)8-4/h4-8H,9H2,1-3H3;3,5-6,8-9H,1H2,2,4H3/b12-4-;10-6+,11-9+,12-8+. The van der Waals surface area contributed by atoms with Crippen molar-refractivity contribution in [2.45, 2.75) is 34.6 Å². The van der Waals surface area contributed by atoms with Gasteiger partial charge in [0.25, 0.3) is 0 Å². The van der Waals surface area contributed by atoms with Gasteiger partial charge in [-0.05, 0) is 70.5 Å². The van der Waals surface area contributed by atoms with E-state index in [4.69, 9.17) is 22.8 Å². The van der Waals surface area contributed by atoms with Crippen molar-refractivity contribution in [3.63, 3.8) is 0 Å². The molecule has 0 atom stereocenters. The van der Waals surface area contributed by atoms with Gasteiger partial charge < -0.3 is 4.74 Å². The van der Waals surface area contributed by atoms with Crippen LogP contribution in [0.2, 0.25) is 0 Å². The number of ether oxygens (including phenoxy) is 1. The summed E-state index contributed by atoms with van der Waals surface area (Å²) >= 11 is 5.82. The number of rotatable bonds is 7. The van der Waals surface area contributed by atoms with Gasteiger partial charge in [-0.2, -0.15) is 0 Å². The Labute approximate surface area is 179 Å². The van der Waals surface area contributed by atoms with E-state index in [1.807, 2.05) is 46.8 Å². The summed E-state index contributed by atoms with van der Waals surface area (Å²) in [6.07, 6.45) is 14.4. The summed E-state index contributed by atoms with van der Waals surface area (Å²) in [5.74, 6) is 2.95. The normalized spacial score (nSPS) is 12.3. The van der Waals surface area contributed by atoms with Crippen LogP contribution < -0.4 is 4.74 Å². The van der Waals surface area contributed by atoms with E-state index in [-0.39, 0.29) is 5.82 Å². The molecule has 0 aliphatic rings. The maximum absolute atomic E-state index is 12.6. The molecule has 4 heteroatoms. The monoisotopic (exact) mass is 413 g/mol. The number of halogens is 2. The number of aliphatic imine (C=N–C) groups is 1. The molecule has 0 saturated carbocycles. The van der Waals surface area contributed by atoms with Crippen LogP contribution in [0.15, 0.2) is 88.1 Å². The summed E-state index contributed by atoms with van der Waals surface area (Å²) < 4.78 is 18.1. The number of hydrogen-bond donors (Lipinski definition) is 0. The second-order valence-electron chi connectivity index (χ2n) is 5.91. The Balaban J connectivity index is 0.000000555. The van der Waals surface area contributed by atoms with Gasteiger partial charge >= 0.3 is 0 Å². The highest BCUT2D eigenvalue weighted by Gasteiger charge is 1.98. The van der Waals surface area contributed by atoms with E-state index < -0.39 is 0 Å². The van der Waals surface area contributed by atoms with Crippen LogP contribution in [0.3, 0.4) is 0 Å². The van der Waals surface area contributed by atoms with Gasteiger partial charge in [0.05, 0.1) is 5.70 Å². The molecule has 1 aromatic carbocycles. The fraction of sp³-hybridized carbons (Fsp3) is 0.240. The molecule has 0 heterocycles. The van der Waals surface area contributed by atoms with Gasteiger partial charge in [0.2, 0.25) is 0 Å². The highest BCUT2D eigenvalue weighted by Crippen LogP contribution is 2.15. The average Bonchev–Trinajstić information content (AvgIpc) is 2.72. The maximum Gasteiger partial charge on any atom is 0.130 e. The first-order chi connectivity index (χ1) is 13.8. The lowest BCUT2D eigenvalue weighted by Crippen LogP contribution is -2.00. The third-order valence-electron chi connectivity index (χ3n) is 3.46. The summed E-state index contributed by atoms with van der Waals surface area (Å²) in [5.41, 5.74) is 3.52. The SMILES string of the molecule is C#CC(=C\C(Cl)=C/C)/C(C=C)=C/C.C/C=C(/COc1ccc(F)cc1)N=C(C)C. The van der Waals surface area contributed by atoms with Gasteiger partial charge in [0.1, 0.15) is 18.2 Å². The third-order valence-corrected chi connectivity index (χ3v) is 3.78. The van der Waals surface area contributed by atoms with Crippen LogP contribution in [-0.4, -0.2) is 12.3 Å². The molecule has 0 fully saturated rings. The molecule has 154 valence electrons. The molecule has 29 heavy (non-hydrogen) atoms. The molecule has 1 rings (SSSR count). The largest absolute Gasteiger partial charge is 0.487 e. The van der Waals surface area contributed by atoms with Crippen molar-refractivity contribution in [3.8, 4) is 18.1 Å². The molecular weight excluding hydrogens is 385 g/mol. The molecule has 0 amide bonds. The summed E-state index contributed by atoms with van der Waals surface area (Å²) in [4.78, 5) is 4.31. The van der Waals surface area contributed by atoms with E-state index in [1.54, 1.807) is 30.4 Å². The van der Waals surface area contributed by atoms with Crippen LogP contribution in [0.5, 0.6) is 5.75 Å². The fourth-order valence-corrected chi connectivity index (χ4v) is 2.08. The lowest BCUT2D eigenvalue weighted by Gasteiger charge is -2.06. The zero-order valence-electron chi connectivity index (χ0n) is 17.8. The molecular formula is C25H29ClFNO. The Hall–Kier alpha value is -2.83. The Bertz CT molecular complexity index is 846. The summed E-state index contributed by atoms with van der Waals surface area (Å²) in [6.45, 7) is 13.6. The lowest BCUT2D eigenvalue weighted by atomic mass is 10.1. The van der Waals surface area contributed by atoms with Crippen molar-refractivity contribution in [1.29, 1.82) is 0 Å². The van der Waals surface area contributed by atoms with Crippen molar-refractivity contribution >= 4 is 17.3 Å². The van der Waals surface area contributed by atoms with Crippen molar-refractivity contribution in [2.75, 3.05) is 6.61 Å². The lowest BCUT2D eigenvalue weighted by molar-refractivity contribution is 0.350. The molecule has 0 aromatic heterocycles. The smallest absolute Gasteiger partial charge is 0.130 e. The fourth-order valence-electron chi connectivity index (χ4n) is 1.97. The van der Waals surface area contributed by atoms with Crippen molar-refractivity contribution in [1.82, 2.24) is 0 Å². The molecule has 0 radical (unpaired) electrons. The quantitative estimate of drug-likeness (QED) is 0.259. The second-order valence-corrected chi connectivity index (χ2v) is 6.34. The van der Waals surface area contributed by atoms with Crippen LogP contribution in [0.4, 0.5) is 4.39 Å². The van der Waals surface area contributed by atoms with Gasteiger partial charge in [-0.25, -0.2) is 4.39 Å². The zero-order valence-corrected chi connectivity index (χ0v) is 18.6. The minimum absolute atomic E-state index is 0.263.